The number of fused-ring (bicyclic) bond motifs is 3. The number of alkyl halides is 1. The number of aliphatic imine (C=N–C) groups is 1. The van der Waals surface area contributed by atoms with Crippen LogP contribution in [0.4, 0.5) is 0 Å². The van der Waals surface area contributed by atoms with E-state index < -0.39 is 5.54 Å². The number of halogens is 1. The van der Waals surface area contributed by atoms with Gasteiger partial charge in [-0.3, -0.25) is 4.99 Å². The second-order valence-electron chi connectivity index (χ2n) is 5.56. The van der Waals surface area contributed by atoms with Crippen molar-refractivity contribution in [2.45, 2.75) is 23.4 Å². The van der Waals surface area contributed by atoms with Gasteiger partial charge in [-0.25, -0.2) is 0 Å². The smallest absolute Gasteiger partial charge is 0.143 e. The van der Waals surface area contributed by atoms with E-state index in [1.807, 2.05) is 18.2 Å². The van der Waals surface area contributed by atoms with Crippen LogP contribution in [0.3, 0.4) is 0 Å². The second kappa shape index (κ2) is 3.73. The van der Waals surface area contributed by atoms with Crippen molar-refractivity contribution in [3.63, 3.8) is 0 Å². The van der Waals surface area contributed by atoms with Gasteiger partial charge in [-0.1, -0.05) is 34.1 Å². The zero-order chi connectivity index (χ0) is 13.1. The molecule has 2 spiro atoms. The first-order valence-electron chi connectivity index (χ1n) is 6.50. The highest BCUT2D eigenvalue weighted by Crippen LogP contribution is 2.66. The van der Waals surface area contributed by atoms with Crippen LogP contribution in [-0.2, 0) is 10.3 Å². The predicted molar refractivity (Wildman–Crippen MR) is 75.6 cm³/mol. The number of para-hydroxylation sites is 1. The summed E-state index contributed by atoms with van der Waals surface area (Å²) in [6.07, 6.45) is 2.20. The summed E-state index contributed by atoms with van der Waals surface area (Å²) in [4.78, 5) is 4.85. The number of nitrogens with zero attached hydrogens (tertiary/aromatic N) is 1. The van der Waals surface area contributed by atoms with Gasteiger partial charge in [0.05, 0.1) is 6.61 Å². The molecule has 2 atom stereocenters. The Hall–Kier alpha value is -1.07. The van der Waals surface area contributed by atoms with E-state index in [9.17, 15) is 0 Å². The lowest BCUT2D eigenvalue weighted by Crippen LogP contribution is -2.54. The molecule has 0 bridgehead atoms. The average Bonchev–Trinajstić information content (AvgIpc) is 3.20. The van der Waals surface area contributed by atoms with E-state index in [1.54, 1.807) is 0 Å². The number of hydrogen-bond acceptors (Lipinski definition) is 4. The number of rotatable bonds is 0. The van der Waals surface area contributed by atoms with E-state index >= 15 is 0 Å². The molecule has 19 heavy (non-hydrogen) atoms. The van der Waals surface area contributed by atoms with Crippen LogP contribution in [-0.4, -0.2) is 24.1 Å². The molecule has 3 aliphatic rings. The second-order valence-corrected chi connectivity index (χ2v) is 6.39. The van der Waals surface area contributed by atoms with Crippen LogP contribution in [0, 0.1) is 5.41 Å². The third-order valence-electron chi connectivity index (χ3n) is 4.49. The quantitative estimate of drug-likeness (QED) is 0.745. The molecule has 0 saturated heterocycles. The number of hydrogen-bond donors (Lipinski definition) is 1. The van der Waals surface area contributed by atoms with E-state index in [-0.39, 0.29) is 10.4 Å². The first kappa shape index (κ1) is 11.7. The lowest BCUT2D eigenvalue weighted by Gasteiger charge is -2.47. The topological polar surface area (TPSA) is 56.8 Å². The maximum Gasteiger partial charge on any atom is 0.143 e. The number of nitrogens with two attached hydrogens (primary N) is 1. The summed E-state index contributed by atoms with van der Waals surface area (Å²) >= 11 is 3.68. The van der Waals surface area contributed by atoms with E-state index in [0.717, 1.165) is 24.2 Å². The Morgan fingerprint density at radius 2 is 2.11 bits per heavy atom. The minimum Gasteiger partial charge on any atom is -0.493 e. The van der Waals surface area contributed by atoms with Crippen LogP contribution in [0.5, 0.6) is 5.75 Å². The van der Waals surface area contributed by atoms with Crippen LogP contribution in [0.2, 0.25) is 0 Å². The Morgan fingerprint density at radius 1 is 1.32 bits per heavy atom. The van der Waals surface area contributed by atoms with Gasteiger partial charge in [0, 0.05) is 11.0 Å². The predicted octanol–water partition coefficient (Wildman–Crippen LogP) is 2.16. The van der Waals surface area contributed by atoms with Crippen molar-refractivity contribution >= 4 is 21.8 Å². The molecule has 0 aromatic heterocycles. The molecule has 1 saturated carbocycles. The lowest BCUT2D eigenvalue weighted by atomic mass is 9.74. The summed E-state index contributed by atoms with van der Waals surface area (Å²) in [5.41, 5.74) is 6.65. The Kier molecular flexibility index (Phi) is 2.30. The van der Waals surface area contributed by atoms with Gasteiger partial charge in [-0.2, -0.15) is 0 Å². The fourth-order valence-corrected chi connectivity index (χ4v) is 4.29. The van der Waals surface area contributed by atoms with Gasteiger partial charge in [-0.15, -0.1) is 0 Å². The Morgan fingerprint density at radius 3 is 2.89 bits per heavy atom. The number of amidine groups is 1. The zero-order valence-electron chi connectivity index (χ0n) is 10.4. The van der Waals surface area contributed by atoms with Crippen molar-refractivity contribution in [1.29, 1.82) is 0 Å². The molecular formula is C14H15BrN2O2. The molecule has 1 fully saturated rings. The number of ether oxygens (including phenoxy) is 2. The van der Waals surface area contributed by atoms with Crippen LogP contribution in [0.15, 0.2) is 29.3 Å². The van der Waals surface area contributed by atoms with Crippen molar-refractivity contribution in [3.05, 3.63) is 29.8 Å². The molecule has 100 valence electrons. The van der Waals surface area contributed by atoms with E-state index in [4.69, 9.17) is 20.2 Å². The molecule has 2 aliphatic heterocycles. The van der Waals surface area contributed by atoms with Crippen molar-refractivity contribution in [1.82, 2.24) is 0 Å². The molecule has 1 aliphatic carbocycles. The first-order valence-corrected chi connectivity index (χ1v) is 7.42. The van der Waals surface area contributed by atoms with Crippen molar-refractivity contribution in [2.24, 2.45) is 16.1 Å². The Labute approximate surface area is 120 Å². The Bertz CT molecular complexity index is 570. The summed E-state index contributed by atoms with van der Waals surface area (Å²) in [6, 6.07) is 8.07. The SMILES string of the molecule is NC1=NC2(c3ccccc3OCC23CC3)C(Br)OC1. The molecular weight excluding hydrogens is 308 g/mol. The van der Waals surface area contributed by atoms with E-state index in [1.165, 1.54) is 0 Å². The van der Waals surface area contributed by atoms with Gasteiger partial charge >= 0.3 is 0 Å². The fraction of sp³-hybridized carbons (Fsp3) is 0.500. The molecule has 2 unspecified atom stereocenters. The number of benzene rings is 1. The molecule has 1 aromatic carbocycles. The molecule has 2 N–H and O–H groups in total. The first-order chi connectivity index (χ1) is 9.18. The van der Waals surface area contributed by atoms with E-state index in [2.05, 4.69) is 22.0 Å². The summed E-state index contributed by atoms with van der Waals surface area (Å²) in [5.74, 6) is 1.46. The van der Waals surface area contributed by atoms with Crippen LogP contribution < -0.4 is 10.5 Å². The monoisotopic (exact) mass is 322 g/mol. The summed E-state index contributed by atoms with van der Waals surface area (Å²) in [7, 11) is 0. The molecule has 0 amide bonds. The highest BCUT2D eigenvalue weighted by molar-refractivity contribution is 9.09. The normalized spacial score (nSPS) is 34.6. The van der Waals surface area contributed by atoms with Gasteiger partial charge in [0.2, 0.25) is 0 Å². The standard InChI is InChI=1S/C14H15BrN2O2/c15-12-14(17-11(16)7-18-12)9-3-1-2-4-10(9)19-8-13(14)5-6-13/h1-4,12H,5-8H2,(H2,16,17). The van der Waals surface area contributed by atoms with Crippen molar-refractivity contribution in [2.75, 3.05) is 13.2 Å². The molecule has 1 aromatic rings. The molecule has 4 rings (SSSR count). The minimum absolute atomic E-state index is 0.0283. The Balaban J connectivity index is 1.99. The van der Waals surface area contributed by atoms with Gasteiger partial charge in [0.25, 0.3) is 0 Å². The van der Waals surface area contributed by atoms with Gasteiger partial charge in [0.15, 0.2) is 0 Å². The average molecular weight is 323 g/mol. The summed E-state index contributed by atoms with van der Waals surface area (Å²) in [6.45, 7) is 1.07. The molecule has 2 heterocycles. The maximum absolute atomic E-state index is 5.97. The van der Waals surface area contributed by atoms with Crippen molar-refractivity contribution in [3.8, 4) is 5.75 Å². The molecule has 4 nitrogen and oxygen atoms in total. The zero-order valence-corrected chi connectivity index (χ0v) is 12.0. The van der Waals surface area contributed by atoms with Gasteiger partial charge in [0.1, 0.15) is 28.7 Å². The van der Waals surface area contributed by atoms with Crippen LogP contribution >= 0.6 is 15.9 Å². The third-order valence-corrected chi connectivity index (χ3v) is 5.42. The lowest BCUT2D eigenvalue weighted by molar-refractivity contribution is 0.00179. The van der Waals surface area contributed by atoms with Gasteiger partial charge in [-0.05, 0) is 18.9 Å². The molecule has 5 heteroatoms. The minimum atomic E-state index is -0.440. The van der Waals surface area contributed by atoms with Gasteiger partial charge < -0.3 is 15.2 Å². The van der Waals surface area contributed by atoms with Crippen molar-refractivity contribution < 1.29 is 9.47 Å². The van der Waals surface area contributed by atoms with Crippen LogP contribution in [0.1, 0.15) is 18.4 Å². The highest BCUT2D eigenvalue weighted by atomic mass is 79.9. The summed E-state index contributed by atoms with van der Waals surface area (Å²) in [5, 5.41) is -0.153. The summed E-state index contributed by atoms with van der Waals surface area (Å²) < 4.78 is 11.7. The third kappa shape index (κ3) is 1.40. The fourth-order valence-electron chi connectivity index (χ4n) is 3.33. The largest absolute Gasteiger partial charge is 0.493 e. The maximum atomic E-state index is 5.97. The molecule has 0 radical (unpaired) electrons. The van der Waals surface area contributed by atoms with Crippen LogP contribution in [0.25, 0.3) is 0 Å². The highest BCUT2D eigenvalue weighted by Gasteiger charge is 2.67. The van der Waals surface area contributed by atoms with E-state index in [0.29, 0.717) is 19.0 Å².